The SMILES string of the molecule is C#CCCOc1cncc(NC)n1. The normalized spacial score (nSPS) is 8.92. The second-order valence-electron chi connectivity index (χ2n) is 2.30. The Labute approximate surface area is 77.4 Å². The highest BCUT2D eigenvalue weighted by Gasteiger charge is 1.96. The van der Waals surface area contributed by atoms with Gasteiger partial charge in [0.2, 0.25) is 5.88 Å². The Morgan fingerprint density at radius 3 is 3.15 bits per heavy atom. The first kappa shape index (κ1) is 9.33. The molecule has 1 aromatic heterocycles. The number of ether oxygens (including phenoxy) is 1. The molecule has 0 spiro atoms. The molecule has 13 heavy (non-hydrogen) atoms. The molecule has 0 amide bonds. The van der Waals surface area contributed by atoms with E-state index in [1.54, 1.807) is 19.4 Å². The molecule has 0 atom stereocenters. The molecule has 1 aromatic rings. The van der Waals surface area contributed by atoms with Gasteiger partial charge in [-0.15, -0.1) is 12.3 Å². The van der Waals surface area contributed by atoms with Crippen molar-refractivity contribution in [3.05, 3.63) is 12.4 Å². The van der Waals surface area contributed by atoms with E-state index < -0.39 is 0 Å². The van der Waals surface area contributed by atoms with Crippen LogP contribution in [0.1, 0.15) is 6.42 Å². The molecule has 0 fully saturated rings. The second-order valence-corrected chi connectivity index (χ2v) is 2.30. The van der Waals surface area contributed by atoms with Crippen LogP contribution in [0, 0.1) is 12.3 Å². The van der Waals surface area contributed by atoms with Crippen LogP contribution < -0.4 is 10.1 Å². The number of rotatable bonds is 4. The van der Waals surface area contributed by atoms with Gasteiger partial charge in [0.15, 0.2) is 0 Å². The van der Waals surface area contributed by atoms with Gasteiger partial charge in [-0.3, -0.25) is 4.98 Å². The summed E-state index contributed by atoms with van der Waals surface area (Å²) in [6.45, 7) is 0.471. The molecule has 0 unspecified atom stereocenters. The van der Waals surface area contributed by atoms with E-state index in [0.29, 0.717) is 24.7 Å². The minimum absolute atomic E-state index is 0.471. The maximum Gasteiger partial charge on any atom is 0.234 e. The van der Waals surface area contributed by atoms with Crippen molar-refractivity contribution in [3.63, 3.8) is 0 Å². The summed E-state index contributed by atoms with van der Waals surface area (Å²) >= 11 is 0. The lowest BCUT2D eigenvalue weighted by molar-refractivity contribution is 0.313. The quantitative estimate of drug-likeness (QED) is 0.548. The molecule has 0 saturated heterocycles. The summed E-state index contributed by atoms with van der Waals surface area (Å²) in [7, 11) is 1.77. The first-order chi connectivity index (χ1) is 6.36. The Balaban J connectivity index is 2.52. The van der Waals surface area contributed by atoms with Gasteiger partial charge in [-0.2, -0.15) is 4.98 Å². The second kappa shape index (κ2) is 4.99. The third-order valence-electron chi connectivity index (χ3n) is 1.36. The minimum Gasteiger partial charge on any atom is -0.476 e. The van der Waals surface area contributed by atoms with Gasteiger partial charge in [0.25, 0.3) is 0 Å². The Hall–Kier alpha value is -1.76. The topological polar surface area (TPSA) is 47.0 Å². The van der Waals surface area contributed by atoms with Crippen LogP contribution in [0.25, 0.3) is 0 Å². The van der Waals surface area contributed by atoms with Crippen LogP contribution in [-0.2, 0) is 0 Å². The van der Waals surface area contributed by atoms with E-state index in [4.69, 9.17) is 11.2 Å². The Morgan fingerprint density at radius 2 is 2.46 bits per heavy atom. The van der Waals surface area contributed by atoms with Gasteiger partial charge in [0.05, 0.1) is 12.4 Å². The molecule has 68 valence electrons. The van der Waals surface area contributed by atoms with E-state index in [-0.39, 0.29) is 0 Å². The van der Waals surface area contributed by atoms with Crippen LogP contribution in [-0.4, -0.2) is 23.6 Å². The molecule has 0 aliphatic carbocycles. The van der Waals surface area contributed by atoms with Crippen LogP contribution in [0.5, 0.6) is 5.88 Å². The van der Waals surface area contributed by atoms with Gasteiger partial charge in [-0.1, -0.05) is 0 Å². The first-order valence-electron chi connectivity index (χ1n) is 3.93. The maximum atomic E-state index is 5.23. The van der Waals surface area contributed by atoms with E-state index >= 15 is 0 Å². The fourth-order valence-corrected chi connectivity index (χ4v) is 0.753. The Morgan fingerprint density at radius 1 is 1.62 bits per heavy atom. The summed E-state index contributed by atoms with van der Waals surface area (Å²) < 4.78 is 5.23. The summed E-state index contributed by atoms with van der Waals surface area (Å²) in [5.74, 6) is 3.64. The Kier molecular flexibility index (Phi) is 3.58. The molecule has 4 nitrogen and oxygen atoms in total. The lowest BCUT2D eigenvalue weighted by Gasteiger charge is -2.03. The predicted molar refractivity (Wildman–Crippen MR) is 50.5 cm³/mol. The summed E-state index contributed by atoms with van der Waals surface area (Å²) in [4.78, 5) is 8.03. The highest BCUT2D eigenvalue weighted by molar-refractivity contribution is 5.31. The van der Waals surface area contributed by atoms with Crippen LogP contribution in [0.15, 0.2) is 12.4 Å². The summed E-state index contributed by atoms with van der Waals surface area (Å²) in [6, 6.07) is 0. The summed E-state index contributed by atoms with van der Waals surface area (Å²) in [5.41, 5.74) is 0. The third-order valence-corrected chi connectivity index (χ3v) is 1.36. The lowest BCUT2D eigenvalue weighted by Crippen LogP contribution is -2.00. The van der Waals surface area contributed by atoms with Crippen LogP contribution in [0.4, 0.5) is 5.82 Å². The van der Waals surface area contributed by atoms with Crippen molar-refractivity contribution in [2.24, 2.45) is 0 Å². The molecule has 0 saturated carbocycles. The van der Waals surface area contributed by atoms with Crippen molar-refractivity contribution in [2.45, 2.75) is 6.42 Å². The Bertz CT molecular complexity index is 306. The molecule has 0 aromatic carbocycles. The number of anilines is 1. The number of hydrogen-bond acceptors (Lipinski definition) is 4. The molecule has 1 rings (SSSR count). The predicted octanol–water partition coefficient (Wildman–Crippen LogP) is 0.920. The molecule has 0 aliphatic heterocycles. The standard InChI is InChI=1S/C9H11N3O/c1-3-4-5-13-9-7-11-6-8(10-2)12-9/h1,6-7H,4-5H2,2H3,(H,10,12). The van der Waals surface area contributed by atoms with Crippen molar-refractivity contribution >= 4 is 5.82 Å². The smallest absolute Gasteiger partial charge is 0.234 e. The van der Waals surface area contributed by atoms with Crippen molar-refractivity contribution < 1.29 is 4.74 Å². The fourth-order valence-electron chi connectivity index (χ4n) is 0.753. The lowest BCUT2D eigenvalue weighted by atomic mass is 10.5. The van der Waals surface area contributed by atoms with E-state index in [2.05, 4.69) is 21.2 Å². The zero-order valence-electron chi connectivity index (χ0n) is 7.45. The molecule has 0 radical (unpaired) electrons. The van der Waals surface area contributed by atoms with Crippen LogP contribution >= 0.6 is 0 Å². The summed E-state index contributed by atoms with van der Waals surface area (Å²) in [6.07, 6.45) is 8.82. The van der Waals surface area contributed by atoms with Gasteiger partial charge in [-0.25, -0.2) is 0 Å². The summed E-state index contributed by atoms with van der Waals surface area (Å²) in [5, 5.41) is 2.86. The van der Waals surface area contributed by atoms with Crippen LogP contribution in [0.3, 0.4) is 0 Å². The highest BCUT2D eigenvalue weighted by atomic mass is 16.5. The average Bonchev–Trinajstić information content (AvgIpc) is 2.19. The zero-order valence-corrected chi connectivity index (χ0v) is 7.45. The monoisotopic (exact) mass is 177 g/mol. The largest absolute Gasteiger partial charge is 0.476 e. The molecule has 4 heteroatoms. The number of hydrogen-bond donors (Lipinski definition) is 1. The number of nitrogens with one attached hydrogen (secondary N) is 1. The number of aromatic nitrogens is 2. The molecule has 1 heterocycles. The average molecular weight is 177 g/mol. The molecular weight excluding hydrogens is 166 g/mol. The maximum absolute atomic E-state index is 5.23. The van der Waals surface area contributed by atoms with Crippen molar-refractivity contribution in [2.75, 3.05) is 19.0 Å². The van der Waals surface area contributed by atoms with E-state index in [9.17, 15) is 0 Å². The van der Waals surface area contributed by atoms with E-state index in [1.165, 1.54) is 0 Å². The van der Waals surface area contributed by atoms with Gasteiger partial charge in [-0.05, 0) is 0 Å². The molecule has 0 bridgehead atoms. The van der Waals surface area contributed by atoms with Gasteiger partial charge >= 0.3 is 0 Å². The van der Waals surface area contributed by atoms with Gasteiger partial charge in [0, 0.05) is 13.5 Å². The van der Waals surface area contributed by atoms with Crippen LogP contribution in [0.2, 0.25) is 0 Å². The molecule has 0 aliphatic rings. The minimum atomic E-state index is 0.471. The number of terminal acetylenes is 1. The number of nitrogens with zero attached hydrogens (tertiary/aromatic N) is 2. The van der Waals surface area contributed by atoms with E-state index in [1.807, 2.05) is 0 Å². The van der Waals surface area contributed by atoms with Crippen molar-refractivity contribution in [1.29, 1.82) is 0 Å². The van der Waals surface area contributed by atoms with Gasteiger partial charge < -0.3 is 10.1 Å². The third kappa shape index (κ3) is 2.99. The van der Waals surface area contributed by atoms with Crippen molar-refractivity contribution in [3.8, 4) is 18.2 Å². The van der Waals surface area contributed by atoms with E-state index in [0.717, 1.165) is 0 Å². The molecular formula is C9H11N3O. The van der Waals surface area contributed by atoms with Gasteiger partial charge in [0.1, 0.15) is 12.4 Å². The van der Waals surface area contributed by atoms with Crippen molar-refractivity contribution in [1.82, 2.24) is 9.97 Å². The fraction of sp³-hybridized carbons (Fsp3) is 0.333. The first-order valence-corrected chi connectivity index (χ1v) is 3.93. The zero-order chi connectivity index (χ0) is 9.52. The molecule has 1 N–H and O–H groups in total. The highest BCUT2D eigenvalue weighted by Crippen LogP contribution is 2.07.